The molecule has 0 amide bonds. The second kappa shape index (κ2) is 5.63. The van der Waals surface area contributed by atoms with Gasteiger partial charge in [-0.05, 0) is 22.6 Å². The van der Waals surface area contributed by atoms with Crippen LogP contribution >= 0.6 is 11.8 Å². The van der Waals surface area contributed by atoms with Crippen molar-refractivity contribution < 1.29 is 0 Å². The molecule has 6 nitrogen and oxygen atoms in total. The molecule has 7 heteroatoms. The molecule has 0 spiro atoms. The number of nitrogens with one attached hydrogen (secondary N) is 1. The Morgan fingerprint density at radius 2 is 2.17 bits per heavy atom. The summed E-state index contributed by atoms with van der Waals surface area (Å²) in [6, 6.07) is 9.69. The molecule has 1 aromatic carbocycles. The third-order valence-corrected chi connectivity index (χ3v) is 3.29. The molecule has 0 saturated carbocycles. The molecule has 1 heterocycles. The van der Waals surface area contributed by atoms with E-state index in [1.165, 1.54) is 11.8 Å². The molecule has 0 bridgehead atoms. The molecule has 0 radical (unpaired) electrons. The highest BCUT2D eigenvalue weighted by molar-refractivity contribution is 7.99. The van der Waals surface area contributed by atoms with Crippen molar-refractivity contribution >= 4 is 17.6 Å². The van der Waals surface area contributed by atoms with Crippen LogP contribution in [-0.2, 0) is 0 Å². The summed E-state index contributed by atoms with van der Waals surface area (Å²) >= 11 is 1.51. The minimum absolute atomic E-state index is 0.163. The van der Waals surface area contributed by atoms with E-state index in [-0.39, 0.29) is 11.1 Å². The van der Waals surface area contributed by atoms with Crippen molar-refractivity contribution in [3.8, 4) is 5.69 Å². The first-order valence-corrected chi connectivity index (χ1v) is 6.38. The Balaban J connectivity index is 2.16. The number of nitrogens with two attached hydrogens (primary N) is 1. The highest BCUT2D eigenvalue weighted by Crippen LogP contribution is 2.24. The first-order valence-electron chi connectivity index (χ1n) is 5.50. The first-order chi connectivity index (χ1) is 8.66. The molecular weight excluding hydrogens is 248 g/mol. The average Bonchev–Trinajstić information content (AvgIpc) is 2.77. The van der Waals surface area contributed by atoms with Crippen LogP contribution < -0.4 is 5.73 Å². The second-order valence-corrected chi connectivity index (χ2v) is 5.27. The van der Waals surface area contributed by atoms with Crippen molar-refractivity contribution in [2.24, 2.45) is 5.73 Å². The van der Waals surface area contributed by atoms with Gasteiger partial charge in [0.2, 0.25) is 5.16 Å². The lowest BCUT2D eigenvalue weighted by Crippen LogP contribution is -2.15. The van der Waals surface area contributed by atoms with Gasteiger partial charge in [0.25, 0.3) is 0 Å². The van der Waals surface area contributed by atoms with Crippen molar-refractivity contribution in [3.63, 3.8) is 0 Å². The molecule has 0 aliphatic heterocycles. The van der Waals surface area contributed by atoms with Crippen LogP contribution in [0.15, 0.2) is 35.5 Å². The minimum atomic E-state index is 0.163. The lowest BCUT2D eigenvalue weighted by Gasteiger charge is -2.09. The van der Waals surface area contributed by atoms with Crippen molar-refractivity contribution in [3.05, 3.63) is 30.3 Å². The maximum atomic E-state index is 7.28. The van der Waals surface area contributed by atoms with Crippen LogP contribution in [0.4, 0.5) is 0 Å². The second-order valence-electron chi connectivity index (χ2n) is 3.87. The maximum Gasteiger partial charge on any atom is 0.214 e. The van der Waals surface area contributed by atoms with Gasteiger partial charge >= 0.3 is 0 Å². The Morgan fingerprint density at radius 3 is 2.83 bits per heavy atom. The molecule has 18 heavy (non-hydrogen) atoms. The predicted molar refractivity (Wildman–Crippen MR) is 71.0 cm³/mol. The summed E-state index contributed by atoms with van der Waals surface area (Å²) < 4.78 is 1.68. The monoisotopic (exact) mass is 262 g/mol. The zero-order valence-corrected chi connectivity index (χ0v) is 10.8. The van der Waals surface area contributed by atoms with Crippen LogP contribution in [0.1, 0.15) is 13.3 Å². The molecular formula is C11H14N6S. The maximum absolute atomic E-state index is 7.28. The van der Waals surface area contributed by atoms with Crippen LogP contribution in [0.3, 0.4) is 0 Å². The molecule has 1 aromatic heterocycles. The zero-order valence-electron chi connectivity index (χ0n) is 9.95. The Hall–Kier alpha value is -1.89. The number of benzene rings is 1. The van der Waals surface area contributed by atoms with Crippen LogP contribution in [0.5, 0.6) is 0 Å². The number of thioether (sulfide) groups is 1. The summed E-state index contributed by atoms with van der Waals surface area (Å²) in [5.74, 6) is 0.175. The number of hydrogen-bond donors (Lipinski definition) is 2. The number of tetrazole rings is 1. The predicted octanol–water partition coefficient (Wildman–Crippen LogP) is 1.47. The van der Waals surface area contributed by atoms with Gasteiger partial charge in [0, 0.05) is 11.7 Å². The van der Waals surface area contributed by atoms with E-state index in [2.05, 4.69) is 15.5 Å². The number of aromatic nitrogens is 4. The van der Waals surface area contributed by atoms with Gasteiger partial charge < -0.3 is 5.73 Å². The largest absolute Gasteiger partial charge is 0.388 e. The van der Waals surface area contributed by atoms with E-state index in [0.717, 1.165) is 5.69 Å². The molecule has 0 saturated heterocycles. The number of hydrogen-bond acceptors (Lipinski definition) is 5. The number of para-hydroxylation sites is 1. The normalized spacial score (nSPS) is 12.3. The quantitative estimate of drug-likeness (QED) is 0.483. The van der Waals surface area contributed by atoms with Crippen LogP contribution in [-0.4, -0.2) is 31.3 Å². The third-order valence-electron chi connectivity index (χ3n) is 2.26. The van der Waals surface area contributed by atoms with Gasteiger partial charge in [-0.25, -0.2) is 0 Å². The highest BCUT2D eigenvalue weighted by Gasteiger charge is 2.13. The van der Waals surface area contributed by atoms with Gasteiger partial charge in [-0.1, -0.05) is 36.9 Å². The standard InChI is InChI=1S/C11H14N6S/c1-8(7-10(12)13)18-11-14-15-16-17(11)9-5-3-2-4-6-9/h2-6,8H,7H2,1H3,(H3,12,13). The lowest BCUT2D eigenvalue weighted by atomic mass is 10.3. The molecule has 2 aromatic rings. The lowest BCUT2D eigenvalue weighted by molar-refractivity contribution is 0.754. The Morgan fingerprint density at radius 1 is 1.44 bits per heavy atom. The minimum Gasteiger partial charge on any atom is -0.388 e. The molecule has 1 atom stereocenters. The van der Waals surface area contributed by atoms with Gasteiger partial charge in [0.05, 0.1) is 11.5 Å². The van der Waals surface area contributed by atoms with E-state index >= 15 is 0 Å². The molecule has 0 fully saturated rings. The first kappa shape index (κ1) is 12.6. The fourth-order valence-electron chi connectivity index (χ4n) is 1.51. The topological polar surface area (TPSA) is 93.5 Å². The molecule has 94 valence electrons. The molecule has 0 aliphatic rings. The van der Waals surface area contributed by atoms with E-state index in [4.69, 9.17) is 11.1 Å². The van der Waals surface area contributed by atoms with Gasteiger partial charge in [-0.3, -0.25) is 5.41 Å². The van der Waals surface area contributed by atoms with Gasteiger partial charge in [0.1, 0.15) is 0 Å². The van der Waals surface area contributed by atoms with Crippen molar-refractivity contribution in [2.75, 3.05) is 0 Å². The van der Waals surface area contributed by atoms with Crippen LogP contribution in [0.2, 0.25) is 0 Å². The van der Waals surface area contributed by atoms with Crippen LogP contribution in [0.25, 0.3) is 5.69 Å². The SMILES string of the molecule is CC(CC(=N)N)Sc1nnnn1-c1ccccc1. The zero-order chi connectivity index (χ0) is 13.0. The molecule has 3 N–H and O–H groups in total. The summed E-state index contributed by atoms with van der Waals surface area (Å²) in [6.07, 6.45) is 0.520. The highest BCUT2D eigenvalue weighted by atomic mass is 32.2. The summed E-state index contributed by atoms with van der Waals surface area (Å²) in [7, 11) is 0. The molecule has 1 unspecified atom stereocenters. The van der Waals surface area contributed by atoms with Crippen molar-refractivity contribution in [1.29, 1.82) is 5.41 Å². The van der Waals surface area contributed by atoms with Crippen molar-refractivity contribution in [1.82, 2.24) is 20.2 Å². The van der Waals surface area contributed by atoms with Crippen LogP contribution in [0, 0.1) is 5.41 Å². The van der Waals surface area contributed by atoms with E-state index < -0.39 is 0 Å². The average molecular weight is 262 g/mol. The van der Waals surface area contributed by atoms with Gasteiger partial charge in [-0.2, -0.15) is 4.68 Å². The fraction of sp³-hybridized carbons (Fsp3) is 0.273. The number of amidine groups is 1. The smallest absolute Gasteiger partial charge is 0.214 e. The third kappa shape index (κ3) is 3.07. The Labute approximate surface area is 109 Å². The van der Waals surface area contributed by atoms with E-state index in [1.807, 2.05) is 37.3 Å². The number of rotatable bonds is 5. The van der Waals surface area contributed by atoms with E-state index in [1.54, 1.807) is 4.68 Å². The van der Waals surface area contributed by atoms with Gasteiger partial charge in [0.15, 0.2) is 0 Å². The number of nitrogens with zero attached hydrogens (tertiary/aromatic N) is 4. The van der Waals surface area contributed by atoms with Gasteiger partial charge in [-0.15, -0.1) is 5.10 Å². The fourth-order valence-corrected chi connectivity index (χ4v) is 2.46. The molecule has 0 aliphatic carbocycles. The summed E-state index contributed by atoms with van der Waals surface area (Å²) in [4.78, 5) is 0. The van der Waals surface area contributed by atoms with E-state index in [0.29, 0.717) is 11.6 Å². The van der Waals surface area contributed by atoms with Crippen molar-refractivity contribution in [2.45, 2.75) is 23.8 Å². The molecule has 2 rings (SSSR count). The summed E-state index contributed by atoms with van der Waals surface area (Å²) in [5.41, 5.74) is 6.30. The summed E-state index contributed by atoms with van der Waals surface area (Å²) in [6.45, 7) is 2.00. The summed E-state index contributed by atoms with van der Waals surface area (Å²) in [5, 5.41) is 19.8. The van der Waals surface area contributed by atoms with E-state index in [9.17, 15) is 0 Å². The Kier molecular flexibility index (Phi) is 3.93. The Bertz CT molecular complexity index is 523.